The Morgan fingerprint density at radius 3 is 1.67 bits per heavy atom. The highest BCUT2D eigenvalue weighted by Crippen LogP contribution is 2.53. The zero-order valence-corrected chi connectivity index (χ0v) is 13.0. The van der Waals surface area contributed by atoms with Gasteiger partial charge in [-0.3, -0.25) is 0 Å². The van der Waals surface area contributed by atoms with Crippen LogP contribution in [0.3, 0.4) is 0 Å². The molecule has 0 radical (unpaired) electrons. The number of aliphatic hydroxyl groups is 1. The third-order valence-electron chi connectivity index (χ3n) is 4.25. The summed E-state index contributed by atoms with van der Waals surface area (Å²) < 4.78 is 37.9. The fraction of sp³-hybridized carbons (Fsp3) is 0.647. The van der Waals surface area contributed by atoms with Gasteiger partial charge in [-0.1, -0.05) is 39.8 Å². The Morgan fingerprint density at radius 2 is 1.29 bits per heavy atom. The van der Waals surface area contributed by atoms with Crippen molar-refractivity contribution in [2.24, 2.45) is 10.8 Å². The Labute approximate surface area is 124 Å². The average molecular weight is 300 g/mol. The highest BCUT2D eigenvalue weighted by molar-refractivity contribution is 5.30. The fourth-order valence-electron chi connectivity index (χ4n) is 4.24. The number of hydrogen-bond acceptors (Lipinski definition) is 1. The standard InChI is InChI=1S/C17H23F3O/c1-14(2)9-15(3,4)11-16(21,10-14)12-5-7-13(8-6-12)17(18,19)20/h5-8,21H,9-11H2,1-4H3. The first-order chi connectivity index (χ1) is 9.33. The van der Waals surface area contributed by atoms with Crippen LogP contribution < -0.4 is 0 Å². The number of alkyl halides is 3. The Bertz CT molecular complexity index is 496. The van der Waals surface area contributed by atoms with Crippen molar-refractivity contribution in [1.82, 2.24) is 0 Å². The Hall–Kier alpha value is -1.03. The van der Waals surface area contributed by atoms with Gasteiger partial charge >= 0.3 is 6.18 Å². The van der Waals surface area contributed by atoms with Crippen molar-refractivity contribution in [3.8, 4) is 0 Å². The first-order valence-corrected chi connectivity index (χ1v) is 7.23. The van der Waals surface area contributed by atoms with E-state index >= 15 is 0 Å². The molecule has 0 aliphatic heterocycles. The van der Waals surface area contributed by atoms with Gasteiger partial charge in [-0.25, -0.2) is 0 Å². The fourth-order valence-corrected chi connectivity index (χ4v) is 4.24. The second-order valence-corrected chi connectivity index (χ2v) is 7.97. The Morgan fingerprint density at radius 1 is 0.857 bits per heavy atom. The van der Waals surface area contributed by atoms with Gasteiger partial charge in [-0.05, 0) is 47.8 Å². The van der Waals surface area contributed by atoms with Crippen molar-refractivity contribution < 1.29 is 18.3 Å². The molecule has 0 amide bonds. The van der Waals surface area contributed by atoms with E-state index in [0.29, 0.717) is 18.4 Å². The molecule has 21 heavy (non-hydrogen) atoms. The van der Waals surface area contributed by atoms with Crippen LogP contribution in [0.15, 0.2) is 24.3 Å². The maximum Gasteiger partial charge on any atom is 0.416 e. The lowest BCUT2D eigenvalue weighted by molar-refractivity contribution is -0.137. The van der Waals surface area contributed by atoms with E-state index in [0.717, 1.165) is 18.6 Å². The van der Waals surface area contributed by atoms with Crippen LogP contribution >= 0.6 is 0 Å². The number of rotatable bonds is 1. The largest absolute Gasteiger partial charge is 0.416 e. The van der Waals surface area contributed by atoms with Crippen LogP contribution in [0.25, 0.3) is 0 Å². The summed E-state index contributed by atoms with van der Waals surface area (Å²) in [7, 11) is 0. The van der Waals surface area contributed by atoms with E-state index in [9.17, 15) is 18.3 Å². The Balaban J connectivity index is 2.35. The molecular formula is C17H23F3O. The third-order valence-corrected chi connectivity index (χ3v) is 4.25. The topological polar surface area (TPSA) is 20.2 Å². The molecule has 0 saturated heterocycles. The van der Waals surface area contributed by atoms with Gasteiger partial charge in [-0.2, -0.15) is 13.2 Å². The summed E-state index contributed by atoms with van der Waals surface area (Å²) in [5.41, 5.74) is -1.24. The highest BCUT2D eigenvalue weighted by atomic mass is 19.4. The van der Waals surface area contributed by atoms with Crippen molar-refractivity contribution in [3.05, 3.63) is 35.4 Å². The van der Waals surface area contributed by atoms with E-state index in [1.807, 2.05) is 0 Å². The molecule has 1 aromatic carbocycles. The minimum atomic E-state index is -4.34. The van der Waals surface area contributed by atoms with Crippen molar-refractivity contribution in [1.29, 1.82) is 0 Å². The van der Waals surface area contributed by atoms with Crippen molar-refractivity contribution in [2.75, 3.05) is 0 Å². The minimum absolute atomic E-state index is 0.0425. The first-order valence-electron chi connectivity index (χ1n) is 7.23. The van der Waals surface area contributed by atoms with Crippen LogP contribution in [0.2, 0.25) is 0 Å². The summed E-state index contributed by atoms with van der Waals surface area (Å²) in [6, 6.07) is 4.95. The summed E-state index contributed by atoms with van der Waals surface area (Å²) in [5, 5.41) is 11.0. The highest BCUT2D eigenvalue weighted by Gasteiger charge is 2.47. The molecule has 0 atom stereocenters. The van der Waals surface area contributed by atoms with Gasteiger partial charge in [0.25, 0.3) is 0 Å². The molecule has 0 aromatic heterocycles. The molecular weight excluding hydrogens is 277 g/mol. The van der Waals surface area contributed by atoms with E-state index < -0.39 is 17.3 Å². The van der Waals surface area contributed by atoms with Gasteiger partial charge < -0.3 is 5.11 Å². The van der Waals surface area contributed by atoms with E-state index in [1.165, 1.54) is 12.1 Å². The summed E-state index contributed by atoms with van der Waals surface area (Å²) in [6.07, 6.45) is -2.22. The van der Waals surface area contributed by atoms with Gasteiger partial charge in [0.05, 0.1) is 11.2 Å². The summed E-state index contributed by atoms with van der Waals surface area (Å²) >= 11 is 0. The quantitative estimate of drug-likeness (QED) is 0.762. The predicted molar refractivity (Wildman–Crippen MR) is 76.8 cm³/mol. The maximum absolute atomic E-state index is 12.6. The molecule has 1 aliphatic rings. The molecule has 1 saturated carbocycles. The van der Waals surface area contributed by atoms with Crippen molar-refractivity contribution >= 4 is 0 Å². The monoisotopic (exact) mass is 300 g/mol. The lowest BCUT2D eigenvalue weighted by Gasteiger charge is -2.49. The molecule has 0 unspecified atom stereocenters. The van der Waals surface area contributed by atoms with E-state index in [4.69, 9.17) is 0 Å². The Kier molecular flexibility index (Phi) is 3.68. The maximum atomic E-state index is 12.6. The lowest BCUT2D eigenvalue weighted by atomic mass is 9.58. The van der Waals surface area contributed by atoms with Gasteiger partial charge in [0.2, 0.25) is 0 Å². The van der Waals surface area contributed by atoms with Gasteiger partial charge in [-0.15, -0.1) is 0 Å². The number of halogens is 3. The summed E-state index contributed by atoms with van der Waals surface area (Å²) in [6.45, 7) is 8.40. The molecule has 1 aliphatic carbocycles. The van der Waals surface area contributed by atoms with E-state index in [2.05, 4.69) is 27.7 Å². The van der Waals surface area contributed by atoms with Crippen LogP contribution in [0.5, 0.6) is 0 Å². The molecule has 1 aromatic rings. The van der Waals surface area contributed by atoms with Crippen LogP contribution in [0.1, 0.15) is 58.1 Å². The molecule has 4 heteroatoms. The molecule has 1 nitrogen and oxygen atoms in total. The van der Waals surface area contributed by atoms with Crippen LogP contribution in [0, 0.1) is 10.8 Å². The number of benzene rings is 1. The van der Waals surface area contributed by atoms with Crippen LogP contribution in [-0.4, -0.2) is 5.11 Å². The summed E-state index contributed by atoms with van der Waals surface area (Å²) in [4.78, 5) is 0. The summed E-state index contributed by atoms with van der Waals surface area (Å²) in [5.74, 6) is 0. The van der Waals surface area contributed by atoms with E-state index in [1.54, 1.807) is 0 Å². The molecule has 118 valence electrons. The van der Waals surface area contributed by atoms with Crippen molar-refractivity contribution in [2.45, 2.75) is 58.7 Å². The predicted octanol–water partition coefficient (Wildman–Crippen LogP) is 5.13. The van der Waals surface area contributed by atoms with Gasteiger partial charge in [0.15, 0.2) is 0 Å². The second kappa shape index (κ2) is 4.73. The SMILES string of the molecule is CC1(C)CC(C)(C)CC(O)(c2ccc(C(F)(F)F)cc2)C1. The molecule has 1 fully saturated rings. The average Bonchev–Trinajstić information content (AvgIpc) is 2.23. The van der Waals surface area contributed by atoms with E-state index in [-0.39, 0.29) is 10.8 Å². The smallest absolute Gasteiger partial charge is 0.385 e. The van der Waals surface area contributed by atoms with Gasteiger partial charge in [0, 0.05) is 0 Å². The molecule has 0 bridgehead atoms. The number of hydrogen-bond donors (Lipinski definition) is 1. The molecule has 1 N–H and O–H groups in total. The van der Waals surface area contributed by atoms with Crippen molar-refractivity contribution in [3.63, 3.8) is 0 Å². The lowest BCUT2D eigenvalue weighted by Crippen LogP contribution is -2.44. The molecule has 2 rings (SSSR count). The van der Waals surface area contributed by atoms with Crippen LogP contribution in [0.4, 0.5) is 13.2 Å². The first kappa shape index (κ1) is 16.3. The van der Waals surface area contributed by atoms with Crippen LogP contribution in [-0.2, 0) is 11.8 Å². The molecule has 0 spiro atoms. The normalized spacial score (nSPS) is 23.8. The molecule has 0 heterocycles. The van der Waals surface area contributed by atoms with Gasteiger partial charge in [0.1, 0.15) is 0 Å². The minimum Gasteiger partial charge on any atom is -0.385 e. The third kappa shape index (κ3) is 3.60. The zero-order chi connectivity index (χ0) is 16.1. The zero-order valence-electron chi connectivity index (χ0n) is 13.0. The second-order valence-electron chi connectivity index (χ2n) is 7.97.